The Hall–Kier alpha value is 0.177. The van der Waals surface area contributed by atoms with Crippen molar-refractivity contribution in [2.24, 2.45) is 0 Å². The van der Waals surface area contributed by atoms with Crippen LogP contribution in [-0.4, -0.2) is 13.1 Å². The van der Waals surface area contributed by atoms with Gasteiger partial charge in [-0.15, -0.1) is 0 Å². The SMILES string of the molecule is CCCCCCCCCCCCCCCCCCCCC[Si](O)(CCCCCCCCCCCCCCCCCCCCC)CCCCCCCCCCCCCCCCCCCCC. The lowest BCUT2D eigenvalue weighted by atomic mass is 10.0. The van der Waals surface area contributed by atoms with Crippen LogP contribution in [0, 0.1) is 0 Å². The van der Waals surface area contributed by atoms with Gasteiger partial charge in [-0.2, -0.15) is 0 Å². The van der Waals surface area contributed by atoms with E-state index >= 15 is 0 Å². The fourth-order valence-corrected chi connectivity index (χ4v) is 14.4. The highest BCUT2D eigenvalue weighted by Crippen LogP contribution is 2.28. The van der Waals surface area contributed by atoms with E-state index in [1.165, 1.54) is 384 Å². The van der Waals surface area contributed by atoms with Crippen LogP contribution in [0.2, 0.25) is 18.1 Å². The summed E-state index contributed by atoms with van der Waals surface area (Å²) in [6.07, 6.45) is 82.2. The molecule has 0 aromatic rings. The molecule has 0 unspecified atom stereocenters. The Balaban J connectivity index is 4.08. The normalized spacial score (nSPS) is 12.0. The summed E-state index contributed by atoms with van der Waals surface area (Å²) >= 11 is 0. The van der Waals surface area contributed by atoms with Gasteiger partial charge in [-0.1, -0.05) is 387 Å². The zero-order valence-corrected chi connectivity index (χ0v) is 47.4. The first-order valence-electron chi connectivity index (χ1n) is 31.9. The van der Waals surface area contributed by atoms with E-state index in [1.807, 2.05) is 0 Å². The molecule has 0 saturated carbocycles. The van der Waals surface area contributed by atoms with Crippen LogP contribution in [0.25, 0.3) is 0 Å². The van der Waals surface area contributed by atoms with Crippen molar-refractivity contribution in [3.63, 3.8) is 0 Å². The molecular formula is C63H130OSi. The fourth-order valence-electron chi connectivity index (χ4n) is 11.0. The third-order valence-electron chi connectivity index (χ3n) is 15.7. The van der Waals surface area contributed by atoms with Gasteiger partial charge in [0.15, 0.2) is 8.32 Å². The van der Waals surface area contributed by atoms with Crippen LogP contribution in [0.1, 0.15) is 387 Å². The van der Waals surface area contributed by atoms with Crippen molar-refractivity contribution in [2.75, 3.05) is 0 Å². The van der Waals surface area contributed by atoms with Crippen molar-refractivity contribution in [2.45, 2.75) is 405 Å². The number of hydrogen-bond acceptors (Lipinski definition) is 1. The first-order valence-corrected chi connectivity index (χ1v) is 34.5. The molecule has 0 rings (SSSR count). The third kappa shape index (κ3) is 56.7. The molecule has 0 spiro atoms. The van der Waals surface area contributed by atoms with Gasteiger partial charge in [-0.3, -0.25) is 0 Å². The molecule has 0 aromatic carbocycles. The smallest absolute Gasteiger partial charge is 0.188 e. The molecule has 65 heavy (non-hydrogen) atoms. The second-order valence-corrected chi connectivity index (χ2v) is 26.5. The first kappa shape index (κ1) is 65.2. The van der Waals surface area contributed by atoms with Gasteiger partial charge in [0, 0.05) is 0 Å². The minimum Gasteiger partial charge on any atom is -0.432 e. The minimum absolute atomic E-state index is 1.20. The summed E-state index contributed by atoms with van der Waals surface area (Å²) < 4.78 is 0. The minimum atomic E-state index is -2.09. The van der Waals surface area contributed by atoms with Crippen LogP contribution in [0.3, 0.4) is 0 Å². The Morgan fingerprint density at radius 3 is 0.354 bits per heavy atom. The lowest BCUT2D eigenvalue weighted by Gasteiger charge is -2.25. The number of unbranched alkanes of at least 4 members (excludes halogenated alkanes) is 54. The summed E-state index contributed by atoms with van der Waals surface area (Å²) in [5.41, 5.74) is 0. The van der Waals surface area contributed by atoms with E-state index in [4.69, 9.17) is 0 Å². The van der Waals surface area contributed by atoms with Gasteiger partial charge < -0.3 is 4.80 Å². The lowest BCUT2D eigenvalue weighted by molar-refractivity contribution is 0.490. The topological polar surface area (TPSA) is 20.2 Å². The average Bonchev–Trinajstić information content (AvgIpc) is 3.31. The van der Waals surface area contributed by atoms with Gasteiger partial charge in [0.1, 0.15) is 0 Å². The second kappa shape index (κ2) is 58.5. The number of rotatable bonds is 60. The van der Waals surface area contributed by atoms with Crippen LogP contribution < -0.4 is 0 Å². The zero-order valence-electron chi connectivity index (χ0n) is 46.4. The molecule has 392 valence electrons. The van der Waals surface area contributed by atoms with Crippen LogP contribution in [0.15, 0.2) is 0 Å². The van der Waals surface area contributed by atoms with Gasteiger partial charge in [0.25, 0.3) is 0 Å². The summed E-state index contributed by atoms with van der Waals surface area (Å²) in [5, 5.41) is 0. The molecule has 2 heteroatoms. The van der Waals surface area contributed by atoms with Crippen molar-refractivity contribution >= 4 is 8.32 Å². The van der Waals surface area contributed by atoms with E-state index in [0.29, 0.717) is 0 Å². The van der Waals surface area contributed by atoms with Crippen LogP contribution in [0.4, 0.5) is 0 Å². The van der Waals surface area contributed by atoms with Crippen molar-refractivity contribution in [3.8, 4) is 0 Å². The van der Waals surface area contributed by atoms with Gasteiger partial charge in [0.05, 0.1) is 0 Å². The number of hydrogen-bond donors (Lipinski definition) is 1. The molecule has 0 bridgehead atoms. The molecule has 0 atom stereocenters. The Bertz CT molecular complexity index is 708. The monoisotopic (exact) mass is 931 g/mol. The zero-order chi connectivity index (χ0) is 46.9. The molecular weight excluding hydrogens is 801 g/mol. The Morgan fingerprint density at radius 1 is 0.154 bits per heavy atom. The summed E-state index contributed by atoms with van der Waals surface area (Å²) in [6, 6.07) is 3.60. The molecule has 0 aromatic heterocycles. The van der Waals surface area contributed by atoms with E-state index in [0.717, 1.165) is 0 Å². The largest absolute Gasteiger partial charge is 0.432 e. The van der Waals surface area contributed by atoms with Crippen molar-refractivity contribution in [1.29, 1.82) is 0 Å². The van der Waals surface area contributed by atoms with E-state index in [-0.39, 0.29) is 0 Å². The maximum absolute atomic E-state index is 12.1. The Morgan fingerprint density at radius 2 is 0.246 bits per heavy atom. The molecule has 0 heterocycles. The van der Waals surface area contributed by atoms with E-state index in [9.17, 15) is 4.80 Å². The Kier molecular flexibility index (Phi) is 58.6. The maximum atomic E-state index is 12.1. The highest BCUT2D eigenvalue weighted by Gasteiger charge is 2.29. The standard InChI is InChI=1S/C63H130OSi/c1-4-7-10-13-16-19-22-25-28-31-34-37-40-43-46-49-52-55-58-61-65(64,62-59-56-53-50-47-44-41-38-35-32-29-26-23-20-17-14-11-8-5-2)63-60-57-54-51-48-45-42-39-36-33-30-27-24-21-18-15-12-9-6-3/h64H,4-63H2,1-3H3. The highest BCUT2D eigenvalue weighted by atomic mass is 28.4. The molecule has 1 nitrogen and oxygen atoms in total. The molecule has 0 aliphatic heterocycles. The van der Waals surface area contributed by atoms with Crippen molar-refractivity contribution < 1.29 is 4.80 Å². The highest BCUT2D eigenvalue weighted by molar-refractivity contribution is 6.72. The summed E-state index contributed by atoms with van der Waals surface area (Å²) in [5.74, 6) is 0. The molecule has 0 radical (unpaired) electrons. The van der Waals surface area contributed by atoms with Crippen LogP contribution in [-0.2, 0) is 0 Å². The van der Waals surface area contributed by atoms with Crippen molar-refractivity contribution in [3.05, 3.63) is 0 Å². The molecule has 0 amide bonds. The predicted molar refractivity (Wildman–Crippen MR) is 303 cm³/mol. The van der Waals surface area contributed by atoms with E-state index < -0.39 is 8.32 Å². The van der Waals surface area contributed by atoms with Gasteiger partial charge in [0.2, 0.25) is 0 Å². The first-order chi connectivity index (χ1) is 32.2. The summed E-state index contributed by atoms with van der Waals surface area (Å²) in [6.45, 7) is 6.95. The fraction of sp³-hybridized carbons (Fsp3) is 1.00. The van der Waals surface area contributed by atoms with E-state index in [2.05, 4.69) is 20.8 Å². The average molecular weight is 932 g/mol. The molecule has 0 aliphatic carbocycles. The van der Waals surface area contributed by atoms with E-state index in [1.54, 1.807) is 0 Å². The molecule has 1 N–H and O–H groups in total. The Labute approximate surface area is 416 Å². The van der Waals surface area contributed by atoms with Crippen LogP contribution in [0.5, 0.6) is 0 Å². The second-order valence-electron chi connectivity index (χ2n) is 22.6. The maximum Gasteiger partial charge on any atom is 0.188 e. The summed E-state index contributed by atoms with van der Waals surface area (Å²) in [4.78, 5) is 12.1. The molecule has 0 fully saturated rings. The van der Waals surface area contributed by atoms with Crippen LogP contribution >= 0.6 is 0 Å². The molecule has 0 saturated heterocycles. The summed E-state index contributed by atoms with van der Waals surface area (Å²) in [7, 11) is -2.09. The lowest BCUT2D eigenvalue weighted by Crippen LogP contribution is -2.34. The molecule has 0 aliphatic rings. The van der Waals surface area contributed by atoms with Gasteiger partial charge in [-0.25, -0.2) is 0 Å². The van der Waals surface area contributed by atoms with Gasteiger partial charge >= 0.3 is 0 Å². The van der Waals surface area contributed by atoms with Crippen molar-refractivity contribution in [1.82, 2.24) is 0 Å². The third-order valence-corrected chi connectivity index (χ3v) is 19.6. The predicted octanol–water partition coefficient (Wildman–Crippen LogP) is 24.2. The quantitative estimate of drug-likeness (QED) is 0.0476. The van der Waals surface area contributed by atoms with Gasteiger partial charge in [-0.05, 0) is 18.1 Å².